The first kappa shape index (κ1) is 45.5. The molecule has 0 saturated carbocycles. The Morgan fingerprint density at radius 2 is 0.988 bits per heavy atom. The SMILES string of the molecule is [2H]c1c([2H])c([2H])c(-c2cccc(-c3c([2H])c([2H])c([2H])c([2H])c3[2H])c2N2[CH-]N(c3[c-]c(Oc4[c-]c5c(cc4)c4cc(C(C)(C)C)ccc4n5-c4cc(Oc5c(-c6ccc(C(C)(C)C)cc6)cccc5-c5ccc(C(C)(C)C)cc5)ccn4)ccc3)c3ccccc32)c([2H])c1[2H].[Pt]. The number of aromatic nitrogens is 2. The van der Waals surface area contributed by atoms with E-state index in [1.165, 1.54) is 11.1 Å². The Kier molecular flexibility index (Phi) is 12.1. The Hall–Kier alpha value is -8.96. The normalized spacial score (nSPS) is 14.2. The van der Waals surface area contributed by atoms with Gasteiger partial charge in [0.2, 0.25) is 0 Å². The van der Waals surface area contributed by atoms with E-state index in [0.717, 1.165) is 44.1 Å². The van der Waals surface area contributed by atoms with Crippen LogP contribution in [0.5, 0.6) is 23.0 Å². The van der Waals surface area contributed by atoms with Crippen LogP contribution in [0.15, 0.2) is 236 Å². The molecule has 85 heavy (non-hydrogen) atoms. The number of rotatable bonds is 11. The van der Waals surface area contributed by atoms with Crippen molar-refractivity contribution in [2.75, 3.05) is 9.80 Å². The topological polar surface area (TPSA) is 42.8 Å². The van der Waals surface area contributed by atoms with Crippen LogP contribution < -0.4 is 19.3 Å². The number of benzene rings is 10. The summed E-state index contributed by atoms with van der Waals surface area (Å²) in [5.74, 6) is 2.63. The molecular formula is C78H67N4O2Pt-3. The molecule has 1 aliphatic heterocycles. The number of hydrogen-bond acceptors (Lipinski definition) is 5. The fourth-order valence-electron chi connectivity index (χ4n) is 11.0. The first-order valence-electron chi connectivity index (χ1n) is 33.2. The third kappa shape index (κ3) is 11.1. The van der Waals surface area contributed by atoms with Gasteiger partial charge in [-0.25, -0.2) is 4.98 Å². The van der Waals surface area contributed by atoms with Crippen LogP contribution in [0.2, 0.25) is 0 Å². The van der Waals surface area contributed by atoms with Crippen LogP contribution in [-0.2, 0) is 37.3 Å². The zero-order chi connectivity index (χ0) is 66.6. The molecule has 12 aromatic rings. The van der Waals surface area contributed by atoms with Crippen LogP contribution in [0.3, 0.4) is 0 Å². The molecule has 2 aromatic heterocycles. The van der Waals surface area contributed by atoms with Crippen molar-refractivity contribution in [3.63, 3.8) is 0 Å². The molecule has 13 rings (SSSR count). The molecule has 0 radical (unpaired) electrons. The molecule has 424 valence electrons. The second-order valence-electron chi connectivity index (χ2n) is 24.2. The molecule has 6 nitrogen and oxygen atoms in total. The van der Waals surface area contributed by atoms with E-state index in [4.69, 9.17) is 28.2 Å². The summed E-state index contributed by atoms with van der Waals surface area (Å²) in [5.41, 5.74) is 11.0. The van der Waals surface area contributed by atoms with E-state index >= 15 is 0 Å². The van der Waals surface area contributed by atoms with E-state index in [2.05, 4.69) is 164 Å². The van der Waals surface area contributed by atoms with Gasteiger partial charge in [0.15, 0.2) is 0 Å². The van der Waals surface area contributed by atoms with Gasteiger partial charge in [-0.05, 0) is 84.8 Å². The fraction of sp³-hybridized carbons (Fsp3) is 0.154. The monoisotopic (exact) mass is 1300 g/mol. The van der Waals surface area contributed by atoms with Gasteiger partial charge < -0.3 is 23.8 Å². The number of fused-ring (bicyclic) bond motifs is 4. The second kappa shape index (κ2) is 22.6. The predicted molar refractivity (Wildman–Crippen MR) is 349 cm³/mol. The van der Waals surface area contributed by atoms with Gasteiger partial charge in [-0.3, -0.25) is 0 Å². The molecule has 0 bridgehead atoms. The Bertz CT molecular complexity index is 4810. The van der Waals surface area contributed by atoms with Crippen molar-refractivity contribution in [1.29, 1.82) is 0 Å². The molecule has 0 amide bonds. The number of pyridine rings is 1. The van der Waals surface area contributed by atoms with Gasteiger partial charge in [-0.1, -0.05) is 237 Å². The summed E-state index contributed by atoms with van der Waals surface area (Å²) in [6, 6.07) is 57.7. The molecule has 0 atom stereocenters. The molecular weight excluding hydrogens is 1220 g/mol. The molecule has 0 spiro atoms. The molecule has 7 heteroatoms. The number of nitrogens with zero attached hydrogens (tertiary/aromatic N) is 4. The van der Waals surface area contributed by atoms with Crippen LogP contribution >= 0.6 is 0 Å². The fourth-order valence-corrected chi connectivity index (χ4v) is 11.0. The van der Waals surface area contributed by atoms with Crippen LogP contribution in [0.4, 0.5) is 22.7 Å². The number of para-hydroxylation sites is 4. The molecule has 10 aromatic carbocycles. The Morgan fingerprint density at radius 3 is 1.56 bits per heavy atom. The summed E-state index contributed by atoms with van der Waals surface area (Å²) >= 11 is 0. The molecule has 0 fully saturated rings. The van der Waals surface area contributed by atoms with Gasteiger partial charge in [0.25, 0.3) is 0 Å². The van der Waals surface area contributed by atoms with Crippen LogP contribution in [0, 0.1) is 18.8 Å². The maximum absolute atomic E-state index is 9.13. The van der Waals surface area contributed by atoms with Gasteiger partial charge in [0, 0.05) is 89.7 Å². The van der Waals surface area contributed by atoms with E-state index in [1.807, 2.05) is 65.6 Å². The van der Waals surface area contributed by atoms with Gasteiger partial charge in [-0.2, -0.15) is 12.1 Å². The predicted octanol–water partition coefficient (Wildman–Crippen LogP) is 21.3. The Morgan fingerprint density at radius 1 is 0.459 bits per heavy atom. The first-order valence-corrected chi connectivity index (χ1v) is 28.2. The summed E-state index contributed by atoms with van der Waals surface area (Å²) in [6.45, 7) is 21.6. The minimum atomic E-state index is -0.574. The third-order valence-corrected chi connectivity index (χ3v) is 15.5. The minimum absolute atomic E-state index is 0. The van der Waals surface area contributed by atoms with Crippen molar-refractivity contribution in [3.8, 4) is 73.3 Å². The van der Waals surface area contributed by atoms with Gasteiger partial charge >= 0.3 is 0 Å². The molecule has 0 N–H and O–H groups in total. The van der Waals surface area contributed by atoms with Gasteiger partial charge in [-0.15, -0.1) is 48.1 Å². The Labute approximate surface area is 529 Å². The second-order valence-corrected chi connectivity index (χ2v) is 24.2. The molecule has 0 unspecified atom stereocenters. The summed E-state index contributed by atoms with van der Waals surface area (Å²) in [6.07, 6.45) is 1.77. The largest absolute Gasteiger partial charge is 0.509 e. The maximum Gasteiger partial charge on any atom is 0.143 e. The van der Waals surface area contributed by atoms with Gasteiger partial charge in [0.05, 0.1) is 13.7 Å². The summed E-state index contributed by atoms with van der Waals surface area (Å²) in [7, 11) is 0. The summed E-state index contributed by atoms with van der Waals surface area (Å²) in [4.78, 5) is 8.65. The maximum atomic E-state index is 9.13. The van der Waals surface area contributed by atoms with Crippen molar-refractivity contribution in [2.45, 2.75) is 78.6 Å². The van der Waals surface area contributed by atoms with E-state index in [-0.39, 0.29) is 65.3 Å². The molecule has 0 aliphatic carbocycles. The zero-order valence-electron chi connectivity index (χ0n) is 58.7. The quantitative estimate of drug-likeness (QED) is 0.121. The van der Waals surface area contributed by atoms with Gasteiger partial charge in [0.1, 0.15) is 17.3 Å². The standard InChI is InChI=1S/C78H67N4O2.Pt/c1-76(2,3)56-37-33-54(34-38-56)65-29-20-30-66(55-35-39-57(40-36-55)77(4,5)6)75(65)84-62-45-46-79-73(50-62)82-69-44-41-58(78(7,8)9)47-68(69)67-43-42-61(49-72(67)82)83-60-26-18-25-59(48-60)80-51-81(71-32-17-16-31-70(71)80)74-63(52-21-12-10-13-22-52)27-19-28-64(74)53-23-14-11-15-24-53;/h10-47,50-51H,1-9H3;/q-3;/i10D,11D,12D,13D,14D,15D,21D,22D,23D,24D;. The Balaban J connectivity index is 0.00000864. The third-order valence-electron chi connectivity index (χ3n) is 15.5. The van der Waals surface area contributed by atoms with Crippen LogP contribution in [-0.4, -0.2) is 9.55 Å². The van der Waals surface area contributed by atoms with Crippen molar-refractivity contribution in [1.82, 2.24) is 9.55 Å². The van der Waals surface area contributed by atoms with E-state index in [0.29, 0.717) is 51.4 Å². The minimum Gasteiger partial charge on any atom is -0.509 e. The summed E-state index contributed by atoms with van der Waals surface area (Å²) < 4.78 is 104. The van der Waals surface area contributed by atoms with E-state index in [1.54, 1.807) is 42.0 Å². The molecule has 0 saturated heterocycles. The number of ether oxygens (including phenoxy) is 2. The number of anilines is 4. The average Bonchev–Trinajstić information content (AvgIpc) is 1.68. The van der Waals surface area contributed by atoms with Crippen LogP contribution in [0.25, 0.3) is 72.1 Å². The van der Waals surface area contributed by atoms with E-state index < -0.39 is 60.4 Å². The van der Waals surface area contributed by atoms with Crippen molar-refractivity contribution in [3.05, 3.63) is 272 Å². The smallest absolute Gasteiger partial charge is 0.143 e. The molecule has 1 aliphatic rings. The van der Waals surface area contributed by atoms with E-state index in [9.17, 15) is 0 Å². The summed E-state index contributed by atoms with van der Waals surface area (Å²) in [5, 5.41) is 1.94. The molecule has 3 heterocycles. The van der Waals surface area contributed by atoms with Crippen molar-refractivity contribution >= 4 is 44.6 Å². The first-order chi connectivity index (χ1) is 44.7. The number of hydrogen-bond donors (Lipinski definition) is 0. The van der Waals surface area contributed by atoms with Crippen molar-refractivity contribution in [2.24, 2.45) is 0 Å². The average molecular weight is 1300 g/mol. The zero-order valence-corrected chi connectivity index (χ0v) is 51.0. The van der Waals surface area contributed by atoms with Crippen LogP contribution in [0.1, 0.15) is 92.7 Å². The van der Waals surface area contributed by atoms with Crippen molar-refractivity contribution < 1.29 is 44.2 Å².